The number of esters is 1. The van der Waals surface area contributed by atoms with E-state index in [1.165, 1.54) is 13.4 Å². The molecule has 1 aromatic heterocycles. The highest BCUT2D eigenvalue weighted by molar-refractivity contribution is 6.01. The third-order valence-electron chi connectivity index (χ3n) is 2.78. The van der Waals surface area contributed by atoms with Crippen LogP contribution in [0.15, 0.2) is 22.8 Å². The summed E-state index contributed by atoms with van der Waals surface area (Å²) in [5.41, 5.74) is 1.55. The molecule has 5 nitrogen and oxygen atoms in total. The average Bonchev–Trinajstić information content (AvgIpc) is 2.82. The molecule has 5 heteroatoms. The second-order valence-corrected chi connectivity index (χ2v) is 3.92. The van der Waals surface area contributed by atoms with Crippen LogP contribution in [0.2, 0.25) is 0 Å². The lowest BCUT2D eigenvalue weighted by molar-refractivity contribution is -0.142. The van der Waals surface area contributed by atoms with Gasteiger partial charge in [0.15, 0.2) is 17.6 Å². The van der Waals surface area contributed by atoms with Crippen LogP contribution in [-0.4, -0.2) is 26.0 Å². The first-order chi connectivity index (χ1) is 9.21. The topological polar surface area (TPSA) is 65.7 Å². The Bertz CT molecular complexity index is 612. The zero-order valence-electron chi connectivity index (χ0n) is 10.8. The molecule has 0 N–H and O–H groups in total. The Morgan fingerprint density at radius 2 is 2.21 bits per heavy atom. The van der Waals surface area contributed by atoms with E-state index in [0.717, 1.165) is 6.29 Å². The van der Waals surface area contributed by atoms with Crippen LogP contribution in [0.3, 0.4) is 0 Å². The minimum absolute atomic E-state index is 0.0643. The Kier molecular flexibility index (Phi) is 3.85. The summed E-state index contributed by atoms with van der Waals surface area (Å²) in [6, 6.07) is 3.29. The van der Waals surface area contributed by atoms with Crippen molar-refractivity contribution >= 4 is 23.2 Å². The number of carbonyl (C=O) groups excluding carboxylic acids is 2. The summed E-state index contributed by atoms with van der Waals surface area (Å²) in [4.78, 5) is 22.6. The van der Waals surface area contributed by atoms with Crippen LogP contribution >= 0.6 is 0 Å². The molecule has 0 aliphatic heterocycles. The summed E-state index contributed by atoms with van der Waals surface area (Å²) >= 11 is 0. The van der Waals surface area contributed by atoms with Gasteiger partial charge < -0.3 is 13.9 Å². The number of ether oxygens (including phenoxy) is 2. The summed E-state index contributed by atoms with van der Waals surface area (Å²) in [6.07, 6.45) is 2.25. The summed E-state index contributed by atoms with van der Waals surface area (Å²) < 4.78 is 15.5. The van der Waals surface area contributed by atoms with Gasteiger partial charge in [0, 0.05) is 16.5 Å². The van der Waals surface area contributed by atoms with Gasteiger partial charge in [-0.25, -0.2) is 0 Å². The van der Waals surface area contributed by atoms with Gasteiger partial charge in [-0.05, 0) is 19.1 Å². The van der Waals surface area contributed by atoms with E-state index < -0.39 is 0 Å². The number of hydrogen-bond acceptors (Lipinski definition) is 5. The van der Waals surface area contributed by atoms with E-state index in [4.69, 9.17) is 13.9 Å². The number of fused-ring (bicyclic) bond motifs is 1. The van der Waals surface area contributed by atoms with E-state index in [0.29, 0.717) is 34.5 Å². The first-order valence-electron chi connectivity index (χ1n) is 5.89. The average molecular weight is 262 g/mol. The van der Waals surface area contributed by atoms with Crippen LogP contribution in [0, 0.1) is 0 Å². The molecule has 0 radical (unpaired) electrons. The van der Waals surface area contributed by atoms with Crippen molar-refractivity contribution in [3.63, 3.8) is 0 Å². The molecule has 0 saturated carbocycles. The Morgan fingerprint density at radius 3 is 2.84 bits per heavy atom. The predicted molar refractivity (Wildman–Crippen MR) is 68.5 cm³/mol. The van der Waals surface area contributed by atoms with Crippen LogP contribution < -0.4 is 4.74 Å². The highest BCUT2D eigenvalue weighted by Crippen LogP contribution is 2.32. The Hall–Kier alpha value is -2.30. The number of benzene rings is 1. The van der Waals surface area contributed by atoms with E-state index in [1.54, 1.807) is 19.1 Å². The van der Waals surface area contributed by atoms with Crippen molar-refractivity contribution in [3.8, 4) is 5.75 Å². The van der Waals surface area contributed by atoms with Gasteiger partial charge in [0.25, 0.3) is 0 Å². The molecule has 1 aromatic carbocycles. The van der Waals surface area contributed by atoms with Crippen molar-refractivity contribution in [2.45, 2.75) is 13.3 Å². The molecule has 19 heavy (non-hydrogen) atoms. The maximum atomic E-state index is 11.5. The molecule has 0 bridgehead atoms. The number of carbonyl (C=O) groups is 2. The van der Waals surface area contributed by atoms with E-state index in [-0.39, 0.29) is 12.4 Å². The number of hydrogen-bond donors (Lipinski definition) is 0. The highest BCUT2D eigenvalue weighted by Gasteiger charge is 2.17. The maximum absolute atomic E-state index is 11.5. The molecule has 1 heterocycles. The zero-order valence-corrected chi connectivity index (χ0v) is 10.8. The second kappa shape index (κ2) is 5.56. The molecule has 2 rings (SSSR count). The molecular formula is C14H14O5. The molecule has 0 amide bonds. The van der Waals surface area contributed by atoms with Gasteiger partial charge in [-0.3, -0.25) is 9.59 Å². The standard InChI is InChI=1S/C14H14O5/c1-3-18-12(16)6-10-8-19-14-11(17-2)5-4-9(7-15)13(10)14/h4-5,7-8H,3,6H2,1-2H3. The minimum Gasteiger partial charge on any atom is -0.493 e. The number of aldehydes is 1. The van der Waals surface area contributed by atoms with E-state index >= 15 is 0 Å². The zero-order chi connectivity index (χ0) is 13.8. The predicted octanol–water partition coefficient (Wildman–Crippen LogP) is 2.36. The largest absolute Gasteiger partial charge is 0.493 e. The lowest BCUT2D eigenvalue weighted by Gasteiger charge is -2.04. The van der Waals surface area contributed by atoms with Crippen molar-refractivity contribution in [1.29, 1.82) is 0 Å². The molecule has 0 atom stereocenters. The SMILES string of the molecule is CCOC(=O)Cc1coc2c(OC)ccc(C=O)c12. The minimum atomic E-state index is -0.357. The van der Waals surface area contributed by atoms with Crippen LogP contribution in [0.25, 0.3) is 11.0 Å². The lowest BCUT2D eigenvalue weighted by Crippen LogP contribution is -2.07. The lowest BCUT2D eigenvalue weighted by atomic mass is 10.0. The van der Waals surface area contributed by atoms with Gasteiger partial charge in [0.2, 0.25) is 0 Å². The Labute approximate surface area is 110 Å². The summed E-state index contributed by atoms with van der Waals surface area (Å²) in [6.45, 7) is 2.06. The van der Waals surface area contributed by atoms with Crippen LogP contribution in [0.4, 0.5) is 0 Å². The van der Waals surface area contributed by atoms with Gasteiger partial charge in [0.1, 0.15) is 0 Å². The van der Waals surface area contributed by atoms with Gasteiger partial charge in [-0.15, -0.1) is 0 Å². The number of rotatable bonds is 5. The second-order valence-electron chi connectivity index (χ2n) is 3.92. The highest BCUT2D eigenvalue weighted by atomic mass is 16.5. The third kappa shape index (κ3) is 2.45. The van der Waals surface area contributed by atoms with Crippen molar-refractivity contribution < 1.29 is 23.5 Å². The van der Waals surface area contributed by atoms with E-state index in [9.17, 15) is 9.59 Å². The van der Waals surface area contributed by atoms with Crippen LogP contribution in [-0.2, 0) is 16.0 Å². The molecule has 0 fully saturated rings. The monoisotopic (exact) mass is 262 g/mol. The molecule has 2 aromatic rings. The molecule has 0 saturated heterocycles. The number of methoxy groups -OCH3 is 1. The van der Waals surface area contributed by atoms with Crippen molar-refractivity contribution in [3.05, 3.63) is 29.5 Å². The molecule has 0 aliphatic carbocycles. The quantitative estimate of drug-likeness (QED) is 0.611. The fourth-order valence-corrected chi connectivity index (χ4v) is 1.97. The van der Waals surface area contributed by atoms with E-state index in [2.05, 4.69) is 0 Å². The van der Waals surface area contributed by atoms with E-state index in [1.807, 2.05) is 0 Å². The number of furan rings is 1. The fraction of sp³-hybridized carbons (Fsp3) is 0.286. The fourth-order valence-electron chi connectivity index (χ4n) is 1.97. The Balaban J connectivity index is 2.50. The van der Waals surface area contributed by atoms with Gasteiger partial charge in [0.05, 0.1) is 26.4 Å². The summed E-state index contributed by atoms with van der Waals surface area (Å²) in [7, 11) is 1.52. The van der Waals surface area contributed by atoms with Crippen LogP contribution in [0.5, 0.6) is 5.75 Å². The molecule has 0 aliphatic rings. The maximum Gasteiger partial charge on any atom is 0.310 e. The molecule has 0 spiro atoms. The first-order valence-corrected chi connectivity index (χ1v) is 5.89. The third-order valence-corrected chi connectivity index (χ3v) is 2.78. The van der Waals surface area contributed by atoms with Gasteiger partial charge in [-0.2, -0.15) is 0 Å². The van der Waals surface area contributed by atoms with Crippen molar-refractivity contribution in [2.24, 2.45) is 0 Å². The first kappa shape index (κ1) is 13.1. The molecule has 0 unspecified atom stereocenters. The molecular weight excluding hydrogens is 248 g/mol. The Morgan fingerprint density at radius 1 is 1.42 bits per heavy atom. The normalized spacial score (nSPS) is 10.4. The van der Waals surface area contributed by atoms with Crippen molar-refractivity contribution in [1.82, 2.24) is 0 Å². The van der Waals surface area contributed by atoms with Gasteiger partial charge in [-0.1, -0.05) is 0 Å². The molecule has 100 valence electrons. The van der Waals surface area contributed by atoms with Crippen LogP contribution in [0.1, 0.15) is 22.8 Å². The summed E-state index contributed by atoms with van der Waals surface area (Å²) in [5.74, 6) is 0.167. The van der Waals surface area contributed by atoms with Gasteiger partial charge >= 0.3 is 5.97 Å². The smallest absolute Gasteiger partial charge is 0.310 e. The van der Waals surface area contributed by atoms with Crippen molar-refractivity contribution in [2.75, 3.05) is 13.7 Å². The summed E-state index contributed by atoms with van der Waals surface area (Å²) in [5, 5.41) is 0.599.